The maximum Gasteiger partial charge on any atom is 0.410 e. The van der Waals surface area contributed by atoms with Crippen LogP contribution in [0.25, 0.3) is 0 Å². The summed E-state index contributed by atoms with van der Waals surface area (Å²) in [6.07, 6.45) is -0.278. The number of amides is 1. The van der Waals surface area contributed by atoms with Crippen molar-refractivity contribution in [1.82, 2.24) is 4.90 Å². The maximum absolute atomic E-state index is 12.2. The van der Waals surface area contributed by atoms with Crippen LogP contribution >= 0.6 is 0 Å². The number of rotatable bonds is 1. The van der Waals surface area contributed by atoms with Crippen molar-refractivity contribution in [2.45, 2.75) is 39.3 Å². The Labute approximate surface area is 131 Å². The van der Waals surface area contributed by atoms with Crippen LogP contribution in [-0.4, -0.2) is 47.4 Å². The first-order valence-electron chi connectivity index (χ1n) is 7.50. The Morgan fingerprint density at radius 1 is 1.36 bits per heavy atom. The van der Waals surface area contributed by atoms with Gasteiger partial charge in [-0.2, -0.15) is 0 Å². The number of benzene rings is 1. The molecule has 2 rings (SSSR count). The first-order chi connectivity index (χ1) is 10.2. The van der Waals surface area contributed by atoms with Gasteiger partial charge in [0.05, 0.1) is 5.69 Å². The highest BCUT2D eigenvalue weighted by molar-refractivity contribution is 5.69. The zero-order chi connectivity index (χ0) is 16.5. The minimum absolute atomic E-state index is 0.0308. The minimum atomic E-state index is -0.489. The number of nitrogen functional groups attached to an aromatic ring is 1. The van der Waals surface area contributed by atoms with E-state index in [9.17, 15) is 9.90 Å². The second-order valence-electron chi connectivity index (χ2n) is 6.71. The molecule has 0 spiro atoms. The molecular weight excluding hydrogens is 282 g/mol. The van der Waals surface area contributed by atoms with E-state index in [1.54, 1.807) is 17.0 Å². The highest BCUT2D eigenvalue weighted by atomic mass is 16.6. The summed E-state index contributed by atoms with van der Waals surface area (Å²) < 4.78 is 5.44. The molecule has 0 bridgehead atoms. The molecule has 0 aromatic heterocycles. The molecule has 1 aromatic carbocycles. The molecule has 1 aliphatic heterocycles. The van der Waals surface area contributed by atoms with Crippen molar-refractivity contribution in [2.75, 3.05) is 30.3 Å². The van der Waals surface area contributed by atoms with Crippen LogP contribution in [0.1, 0.15) is 27.7 Å². The first kappa shape index (κ1) is 16.3. The van der Waals surface area contributed by atoms with Crippen LogP contribution < -0.4 is 10.6 Å². The molecule has 1 aliphatic rings. The molecule has 1 saturated heterocycles. The lowest BCUT2D eigenvalue weighted by Crippen LogP contribution is -2.55. The summed E-state index contributed by atoms with van der Waals surface area (Å²) in [4.78, 5) is 16.1. The van der Waals surface area contributed by atoms with E-state index in [0.717, 1.165) is 5.69 Å². The number of aromatic hydroxyl groups is 1. The van der Waals surface area contributed by atoms with E-state index in [1.165, 1.54) is 0 Å². The van der Waals surface area contributed by atoms with Crippen LogP contribution in [-0.2, 0) is 4.74 Å². The number of anilines is 2. The van der Waals surface area contributed by atoms with Crippen LogP contribution in [0.4, 0.5) is 16.2 Å². The van der Waals surface area contributed by atoms with Crippen molar-refractivity contribution in [3.8, 4) is 5.75 Å². The zero-order valence-electron chi connectivity index (χ0n) is 13.7. The monoisotopic (exact) mass is 307 g/mol. The quantitative estimate of drug-likeness (QED) is 0.615. The predicted molar refractivity (Wildman–Crippen MR) is 87.1 cm³/mol. The van der Waals surface area contributed by atoms with Gasteiger partial charge in [-0.1, -0.05) is 0 Å². The second-order valence-corrected chi connectivity index (χ2v) is 6.71. The third-order valence-electron chi connectivity index (χ3n) is 3.63. The molecule has 6 heteroatoms. The van der Waals surface area contributed by atoms with Crippen LogP contribution in [0.5, 0.6) is 5.75 Å². The second kappa shape index (κ2) is 5.94. The molecule has 1 amide bonds. The lowest BCUT2D eigenvalue weighted by molar-refractivity contribution is 0.0159. The Morgan fingerprint density at radius 2 is 2.05 bits per heavy atom. The number of carbonyl (C=O) groups is 1. The number of piperazine rings is 1. The average Bonchev–Trinajstić information content (AvgIpc) is 2.39. The standard InChI is InChI=1S/C16H25N3O3/c1-11-10-18(12-5-6-13(17)14(20)9-12)7-8-19(11)15(21)22-16(2,3)4/h5-6,9,11,20H,7-8,10,17H2,1-4H3/t11-/m0/s1. The van der Waals surface area contributed by atoms with Crippen molar-refractivity contribution in [3.05, 3.63) is 18.2 Å². The van der Waals surface area contributed by atoms with Crippen molar-refractivity contribution in [2.24, 2.45) is 0 Å². The van der Waals surface area contributed by atoms with Crippen molar-refractivity contribution in [3.63, 3.8) is 0 Å². The number of phenols is 1. The van der Waals surface area contributed by atoms with Crippen molar-refractivity contribution in [1.29, 1.82) is 0 Å². The number of hydrogen-bond donors (Lipinski definition) is 2. The largest absolute Gasteiger partial charge is 0.506 e. The SMILES string of the molecule is C[C@H]1CN(c2ccc(N)c(O)c2)CCN1C(=O)OC(C)(C)C. The van der Waals surface area contributed by atoms with Gasteiger partial charge >= 0.3 is 6.09 Å². The van der Waals surface area contributed by atoms with Crippen molar-refractivity contribution < 1.29 is 14.6 Å². The Morgan fingerprint density at radius 3 is 2.59 bits per heavy atom. The Hall–Kier alpha value is -2.11. The summed E-state index contributed by atoms with van der Waals surface area (Å²) in [5.74, 6) is 0.0831. The summed E-state index contributed by atoms with van der Waals surface area (Å²) in [6, 6.07) is 5.26. The molecule has 1 heterocycles. The van der Waals surface area contributed by atoms with Gasteiger partial charge in [0.2, 0.25) is 0 Å². The summed E-state index contributed by atoms with van der Waals surface area (Å²) in [5, 5.41) is 9.73. The summed E-state index contributed by atoms with van der Waals surface area (Å²) >= 11 is 0. The minimum Gasteiger partial charge on any atom is -0.506 e. The van der Waals surface area contributed by atoms with Gasteiger partial charge in [0.1, 0.15) is 11.4 Å². The summed E-state index contributed by atoms with van der Waals surface area (Å²) in [5.41, 5.74) is 6.41. The highest BCUT2D eigenvalue weighted by Gasteiger charge is 2.31. The van der Waals surface area contributed by atoms with Crippen LogP contribution in [0.3, 0.4) is 0 Å². The molecule has 0 radical (unpaired) electrons. The molecule has 1 fully saturated rings. The molecule has 0 unspecified atom stereocenters. The maximum atomic E-state index is 12.2. The molecule has 1 atom stereocenters. The fourth-order valence-corrected chi connectivity index (χ4v) is 2.51. The topological polar surface area (TPSA) is 79.0 Å². The van der Waals surface area contributed by atoms with Gasteiger partial charge in [-0.05, 0) is 39.8 Å². The van der Waals surface area contributed by atoms with E-state index in [0.29, 0.717) is 25.3 Å². The third kappa shape index (κ3) is 3.75. The van der Waals surface area contributed by atoms with Crippen LogP contribution in [0, 0.1) is 0 Å². The number of nitrogens with zero attached hydrogens (tertiary/aromatic N) is 2. The Balaban J connectivity index is 2.03. The van der Waals surface area contributed by atoms with Crippen LogP contribution in [0.2, 0.25) is 0 Å². The molecule has 0 aliphatic carbocycles. The number of carbonyl (C=O) groups excluding carboxylic acids is 1. The Kier molecular flexibility index (Phi) is 4.39. The first-order valence-corrected chi connectivity index (χ1v) is 7.50. The predicted octanol–water partition coefficient (Wildman–Crippen LogP) is 2.42. The van der Waals surface area contributed by atoms with Gasteiger partial charge in [-0.3, -0.25) is 0 Å². The normalized spacial score (nSPS) is 19.2. The number of phenolic OH excluding ortho intramolecular Hbond substituents is 1. The molecular formula is C16H25N3O3. The van der Waals surface area contributed by atoms with Gasteiger partial charge in [0, 0.05) is 37.4 Å². The molecule has 122 valence electrons. The molecule has 22 heavy (non-hydrogen) atoms. The average molecular weight is 307 g/mol. The third-order valence-corrected chi connectivity index (χ3v) is 3.63. The van der Waals surface area contributed by atoms with Gasteiger partial charge in [0.15, 0.2) is 0 Å². The molecule has 1 aromatic rings. The molecule has 3 N–H and O–H groups in total. The van der Waals surface area contributed by atoms with Gasteiger partial charge in [0.25, 0.3) is 0 Å². The Bertz CT molecular complexity index is 554. The number of nitrogens with two attached hydrogens (primary N) is 1. The molecule has 6 nitrogen and oxygen atoms in total. The lowest BCUT2D eigenvalue weighted by Gasteiger charge is -2.41. The van der Waals surface area contributed by atoms with Gasteiger partial charge < -0.3 is 25.4 Å². The molecule has 0 saturated carbocycles. The fraction of sp³-hybridized carbons (Fsp3) is 0.562. The van der Waals surface area contributed by atoms with E-state index in [4.69, 9.17) is 10.5 Å². The number of hydrogen-bond acceptors (Lipinski definition) is 5. The van der Waals surface area contributed by atoms with E-state index < -0.39 is 5.60 Å². The van der Waals surface area contributed by atoms with Gasteiger partial charge in [-0.15, -0.1) is 0 Å². The summed E-state index contributed by atoms with van der Waals surface area (Å²) in [7, 11) is 0. The van der Waals surface area contributed by atoms with Crippen molar-refractivity contribution >= 4 is 17.5 Å². The van der Waals surface area contributed by atoms with E-state index >= 15 is 0 Å². The smallest absolute Gasteiger partial charge is 0.410 e. The van der Waals surface area contributed by atoms with E-state index in [-0.39, 0.29) is 17.9 Å². The number of ether oxygens (including phenoxy) is 1. The fourth-order valence-electron chi connectivity index (χ4n) is 2.51. The zero-order valence-corrected chi connectivity index (χ0v) is 13.7. The highest BCUT2D eigenvalue weighted by Crippen LogP contribution is 2.28. The van der Waals surface area contributed by atoms with E-state index in [1.807, 2.05) is 33.8 Å². The van der Waals surface area contributed by atoms with Crippen LogP contribution in [0.15, 0.2) is 18.2 Å². The van der Waals surface area contributed by atoms with E-state index in [2.05, 4.69) is 4.90 Å². The lowest BCUT2D eigenvalue weighted by atomic mass is 10.1. The summed E-state index contributed by atoms with van der Waals surface area (Å²) in [6.45, 7) is 9.54. The van der Waals surface area contributed by atoms with Gasteiger partial charge in [-0.25, -0.2) is 4.79 Å².